The fourth-order valence-corrected chi connectivity index (χ4v) is 3.31. The molecule has 1 N–H and O–H groups in total. The predicted molar refractivity (Wildman–Crippen MR) is 118 cm³/mol. The Morgan fingerprint density at radius 3 is 2.36 bits per heavy atom. The van der Waals surface area contributed by atoms with Gasteiger partial charge in [-0.15, -0.1) is 12.4 Å². The fraction of sp³-hybridized carbons (Fsp3) is 0.522. The largest absolute Gasteiger partial charge is 0.394 e. The van der Waals surface area contributed by atoms with Gasteiger partial charge < -0.3 is 14.6 Å². The molecule has 0 spiro atoms. The second-order valence-electron chi connectivity index (χ2n) is 7.93. The highest BCUT2D eigenvalue weighted by Crippen LogP contribution is 2.20. The van der Waals surface area contributed by atoms with Gasteiger partial charge >= 0.3 is 0 Å². The number of aryl methyl sites for hydroxylation is 2. The highest BCUT2D eigenvalue weighted by molar-refractivity contribution is 5.94. The molecule has 5 heteroatoms. The van der Waals surface area contributed by atoms with Crippen molar-refractivity contribution in [1.82, 2.24) is 9.47 Å². The lowest BCUT2D eigenvalue weighted by Gasteiger charge is -2.34. The van der Waals surface area contributed by atoms with Gasteiger partial charge in [0.1, 0.15) is 0 Å². The van der Waals surface area contributed by atoms with Gasteiger partial charge in [-0.2, -0.15) is 0 Å². The number of halogens is 1. The molecule has 0 aliphatic carbocycles. The lowest BCUT2D eigenvalue weighted by atomic mass is 9.94. The average molecular weight is 407 g/mol. The molecule has 1 aromatic carbocycles. The number of ketones is 1. The molecule has 0 amide bonds. The van der Waals surface area contributed by atoms with Crippen molar-refractivity contribution in [2.24, 2.45) is 7.05 Å². The number of likely N-dealkylation sites (N-methyl/N-ethyl adjacent to an activating group) is 1. The predicted octanol–water partition coefficient (Wildman–Crippen LogP) is 4.29. The van der Waals surface area contributed by atoms with Gasteiger partial charge in [0, 0.05) is 24.7 Å². The van der Waals surface area contributed by atoms with Gasteiger partial charge in [-0.25, -0.2) is 0 Å². The summed E-state index contributed by atoms with van der Waals surface area (Å²) in [5, 5.41) is 9.70. The highest BCUT2D eigenvalue weighted by Gasteiger charge is 2.26. The van der Waals surface area contributed by atoms with E-state index in [1.807, 2.05) is 43.9 Å². The third-order valence-corrected chi connectivity index (χ3v) is 5.81. The van der Waals surface area contributed by atoms with Crippen LogP contribution in [-0.4, -0.2) is 46.6 Å². The van der Waals surface area contributed by atoms with E-state index in [1.165, 1.54) is 5.56 Å². The Bertz CT molecular complexity index is 727. The smallest absolute Gasteiger partial charge is 0.179 e. The van der Waals surface area contributed by atoms with Gasteiger partial charge in [0.25, 0.3) is 0 Å². The minimum atomic E-state index is -0.244. The Morgan fingerprint density at radius 2 is 1.75 bits per heavy atom. The van der Waals surface area contributed by atoms with Gasteiger partial charge in [-0.05, 0) is 70.8 Å². The fourth-order valence-electron chi connectivity index (χ4n) is 3.31. The number of carbonyl (C=O) groups excluding carboxylic acids is 1. The third-order valence-electron chi connectivity index (χ3n) is 5.81. The number of aliphatic hydroxyl groups excluding tert-OH is 1. The Balaban J connectivity index is 0.00000392. The van der Waals surface area contributed by atoms with Crippen LogP contribution in [0.25, 0.3) is 0 Å². The molecule has 0 radical (unpaired) electrons. The van der Waals surface area contributed by atoms with Crippen LogP contribution in [0.1, 0.15) is 54.4 Å². The Kier molecular flexibility index (Phi) is 9.94. The number of aliphatic hydroxyl groups is 1. The summed E-state index contributed by atoms with van der Waals surface area (Å²) in [5.41, 5.74) is 3.02. The van der Waals surface area contributed by atoms with Crippen LogP contribution in [0, 0.1) is 0 Å². The van der Waals surface area contributed by atoms with Crippen molar-refractivity contribution in [2.45, 2.75) is 51.0 Å². The van der Waals surface area contributed by atoms with Gasteiger partial charge in [-0.1, -0.05) is 30.3 Å². The van der Waals surface area contributed by atoms with Gasteiger partial charge in [-0.3, -0.25) is 4.79 Å². The van der Waals surface area contributed by atoms with E-state index in [2.05, 4.69) is 36.1 Å². The van der Waals surface area contributed by atoms with Crippen LogP contribution < -0.4 is 0 Å². The maximum absolute atomic E-state index is 12.6. The standard InChI is InChI=1S/C23H34N2O2.ClH/c1-23(18-26,24(2)3)17-16-20-14-15-21(25(20)4)22(27)13-9-8-12-19-10-6-5-7-11-19;/h5-7,10-11,14-15,26H,8-9,12-13,16-18H2,1-4H3;1H/t23-;/m1./s1. The van der Waals surface area contributed by atoms with Crippen molar-refractivity contribution < 1.29 is 9.90 Å². The van der Waals surface area contributed by atoms with E-state index in [0.29, 0.717) is 6.42 Å². The second kappa shape index (κ2) is 11.4. The average Bonchev–Trinajstić information content (AvgIpc) is 3.04. The number of Topliss-reactive ketones (excluding diaryl/α,β-unsaturated/α-hetero) is 1. The van der Waals surface area contributed by atoms with Gasteiger partial charge in [0.2, 0.25) is 0 Å². The molecule has 1 aromatic heterocycles. The van der Waals surface area contributed by atoms with Crippen LogP contribution >= 0.6 is 12.4 Å². The highest BCUT2D eigenvalue weighted by atomic mass is 35.5. The van der Waals surface area contributed by atoms with Crippen LogP contribution in [0.5, 0.6) is 0 Å². The number of benzene rings is 1. The van der Waals surface area contributed by atoms with E-state index >= 15 is 0 Å². The summed E-state index contributed by atoms with van der Waals surface area (Å²) in [7, 11) is 5.95. The summed E-state index contributed by atoms with van der Waals surface area (Å²) in [6, 6.07) is 14.4. The van der Waals surface area contributed by atoms with Crippen LogP contribution in [0.3, 0.4) is 0 Å². The van der Waals surface area contributed by atoms with E-state index in [4.69, 9.17) is 0 Å². The van der Waals surface area contributed by atoms with Crippen molar-refractivity contribution in [3.63, 3.8) is 0 Å². The van der Waals surface area contributed by atoms with E-state index in [0.717, 1.165) is 43.5 Å². The molecular formula is C23H35ClN2O2. The molecule has 4 nitrogen and oxygen atoms in total. The Labute approximate surface area is 176 Å². The molecule has 0 saturated carbocycles. The molecular weight excluding hydrogens is 372 g/mol. The molecule has 1 heterocycles. The lowest BCUT2D eigenvalue weighted by Crippen LogP contribution is -2.45. The molecule has 2 rings (SSSR count). The number of nitrogens with zero attached hydrogens (tertiary/aromatic N) is 2. The van der Waals surface area contributed by atoms with E-state index in [1.54, 1.807) is 0 Å². The summed E-state index contributed by atoms with van der Waals surface area (Å²) < 4.78 is 2.02. The molecule has 2 aromatic rings. The number of carbonyl (C=O) groups is 1. The first-order valence-electron chi connectivity index (χ1n) is 9.87. The van der Waals surface area contributed by atoms with Crippen LogP contribution in [0.15, 0.2) is 42.5 Å². The first kappa shape index (κ1) is 24.4. The Hall–Kier alpha value is -1.62. The van der Waals surface area contributed by atoms with Crippen molar-refractivity contribution in [3.05, 3.63) is 59.4 Å². The first-order valence-corrected chi connectivity index (χ1v) is 9.87. The van der Waals surface area contributed by atoms with Crippen molar-refractivity contribution >= 4 is 18.2 Å². The number of aromatic nitrogens is 1. The molecule has 0 bridgehead atoms. The van der Waals surface area contributed by atoms with Crippen molar-refractivity contribution in [1.29, 1.82) is 0 Å². The summed E-state index contributed by atoms with van der Waals surface area (Å²) in [4.78, 5) is 14.7. The molecule has 28 heavy (non-hydrogen) atoms. The topological polar surface area (TPSA) is 45.5 Å². The van der Waals surface area contributed by atoms with E-state index in [9.17, 15) is 9.90 Å². The van der Waals surface area contributed by atoms with Crippen molar-refractivity contribution in [3.8, 4) is 0 Å². The monoisotopic (exact) mass is 406 g/mol. The summed E-state index contributed by atoms with van der Waals surface area (Å²) in [6.07, 6.45) is 5.25. The van der Waals surface area contributed by atoms with E-state index < -0.39 is 0 Å². The minimum Gasteiger partial charge on any atom is -0.394 e. The summed E-state index contributed by atoms with van der Waals surface area (Å²) in [6.45, 7) is 2.19. The molecule has 0 unspecified atom stereocenters. The number of unbranched alkanes of at least 4 members (excludes halogenated alkanes) is 1. The maximum Gasteiger partial charge on any atom is 0.179 e. The summed E-state index contributed by atoms with van der Waals surface area (Å²) >= 11 is 0. The second-order valence-corrected chi connectivity index (χ2v) is 7.93. The number of hydrogen-bond acceptors (Lipinski definition) is 3. The van der Waals surface area contributed by atoms with Gasteiger partial charge in [0.05, 0.1) is 12.3 Å². The molecule has 0 fully saturated rings. The van der Waals surface area contributed by atoms with Crippen molar-refractivity contribution in [2.75, 3.05) is 20.7 Å². The third kappa shape index (κ3) is 6.47. The van der Waals surface area contributed by atoms with Gasteiger partial charge in [0.15, 0.2) is 5.78 Å². The zero-order valence-corrected chi connectivity index (χ0v) is 18.5. The van der Waals surface area contributed by atoms with E-state index in [-0.39, 0.29) is 30.3 Å². The minimum absolute atomic E-state index is 0. The SMILES string of the molecule is CN(C)[C@@](C)(CO)CCc1ccc(C(=O)CCCCc2ccccc2)n1C.Cl. The number of hydrogen-bond donors (Lipinski definition) is 1. The maximum atomic E-state index is 12.6. The van der Waals surface area contributed by atoms with Crippen LogP contribution in [0.4, 0.5) is 0 Å². The zero-order valence-electron chi connectivity index (χ0n) is 17.6. The van der Waals surface area contributed by atoms with Crippen LogP contribution in [0.2, 0.25) is 0 Å². The molecule has 0 aliphatic rings. The number of rotatable bonds is 11. The Morgan fingerprint density at radius 1 is 1.07 bits per heavy atom. The molecule has 0 aliphatic heterocycles. The molecule has 0 saturated heterocycles. The zero-order chi connectivity index (χ0) is 19.9. The lowest BCUT2D eigenvalue weighted by molar-refractivity contribution is 0.0762. The quantitative estimate of drug-likeness (QED) is 0.447. The molecule has 156 valence electrons. The molecule has 1 atom stereocenters. The summed E-state index contributed by atoms with van der Waals surface area (Å²) in [5.74, 6) is 0.217. The normalized spacial score (nSPS) is 13.2. The van der Waals surface area contributed by atoms with Crippen LogP contribution in [-0.2, 0) is 19.9 Å². The first-order chi connectivity index (χ1) is 12.9.